The lowest BCUT2D eigenvalue weighted by molar-refractivity contribution is -0.0499. The number of amides is 3. The molecule has 4 aliphatic rings. The lowest BCUT2D eigenvalue weighted by Gasteiger charge is -2.32. The highest BCUT2D eigenvalue weighted by molar-refractivity contribution is 7.88. The van der Waals surface area contributed by atoms with Crippen molar-refractivity contribution in [2.75, 3.05) is 39.3 Å². The summed E-state index contributed by atoms with van der Waals surface area (Å²) in [5, 5.41) is 24.2. The number of aromatic nitrogens is 3. The van der Waals surface area contributed by atoms with Gasteiger partial charge in [0.05, 0.1) is 27.8 Å². The number of hydrogen-bond donors (Lipinski definition) is 6. The Morgan fingerprint density at radius 3 is 1.42 bits per heavy atom. The molecule has 4 aliphatic heterocycles. The van der Waals surface area contributed by atoms with Crippen molar-refractivity contribution in [3.63, 3.8) is 0 Å². The second-order valence-electron chi connectivity index (χ2n) is 26.4. The van der Waals surface area contributed by atoms with E-state index < -0.39 is 52.0 Å². The van der Waals surface area contributed by atoms with Crippen LogP contribution in [-0.2, 0) is 39.1 Å². The number of hydrogen-bond acceptors (Lipinski definition) is 13. The van der Waals surface area contributed by atoms with E-state index in [-0.39, 0.29) is 60.1 Å². The first kappa shape index (κ1) is 74.8. The molecule has 9 aromatic rings. The van der Waals surface area contributed by atoms with E-state index in [1.54, 1.807) is 60.7 Å². The summed E-state index contributed by atoms with van der Waals surface area (Å²) < 4.78 is 125. The van der Waals surface area contributed by atoms with E-state index in [4.69, 9.17) is 26.5 Å². The first-order valence-electron chi connectivity index (χ1n) is 33.1. The average molecular weight is 1410 g/mol. The normalized spacial score (nSPS) is 16.5. The molecule has 13 rings (SSSR count). The van der Waals surface area contributed by atoms with Crippen molar-refractivity contribution < 1.29 is 72.7 Å². The second kappa shape index (κ2) is 31.1. The molecule has 0 saturated carbocycles. The van der Waals surface area contributed by atoms with Crippen LogP contribution in [0.25, 0.3) is 38.3 Å². The number of nitrogens with zero attached hydrogens (tertiary/aromatic N) is 5. The number of carbonyl (C=O) groups is 3. The maximum absolute atomic E-state index is 14.6. The van der Waals surface area contributed by atoms with E-state index in [0.717, 1.165) is 102 Å². The van der Waals surface area contributed by atoms with Gasteiger partial charge < -0.3 is 69.4 Å². The number of primary amides is 3. The molecule has 3 amide bonds. The molecule has 0 radical (unpaired) electrons. The average Bonchev–Trinajstić information content (AvgIpc) is 1.64. The fraction of sp³-hybridized carbons (Fsp3) is 0.319. The number of fused-ring (bicyclic) bond motifs is 3. The largest absolute Gasteiger partial charge is 0.534 e. The third kappa shape index (κ3) is 17.4. The number of nitrogens with one attached hydrogen (secondary N) is 1. The zero-order valence-corrected chi connectivity index (χ0v) is 57.6. The number of rotatable bonds is 16. The van der Waals surface area contributed by atoms with E-state index in [2.05, 4.69) is 43.3 Å². The number of nitrogens with two attached hydrogens (primary N) is 3. The Labute approximate surface area is 583 Å². The molecule has 2 fully saturated rings. The van der Waals surface area contributed by atoms with Gasteiger partial charge in [-0.1, -0.05) is 103 Å². The fourth-order valence-corrected chi connectivity index (χ4v) is 13.3. The van der Waals surface area contributed by atoms with Gasteiger partial charge in [-0.3, -0.25) is 14.4 Å². The van der Waals surface area contributed by atoms with Crippen LogP contribution in [-0.4, -0.2) is 137 Å². The first-order valence-corrected chi connectivity index (χ1v) is 34.5. The van der Waals surface area contributed by atoms with Crippen molar-refractivity contribution in [3.8, 4) is 5.75 Å². The van der Waals surface area contributed by atoms with Crippen LogP contribution in [0.15, 0.2) is 163 Å². The van der Waals surface area contributed by atoms with E-state index in [1.165, 1.54) is 28.2 Å². The minimum absolute atomic E-state index is 0.0392. The lowest BCUT2D eigenvalue weighted by Crippen LogP contribution is -2.41. The van der Waals surface area contributed by atoms with Crippen LogP contribution in [0.1, 0.15) is 119 Å². The highest BCUT2D eigenvalue weighted by Gasteiger charge is 2.53. The molecule has 9 N–H and O–H groups in total. The molecule has 530 valence electrons. The maximum atomic E-state index is 14.6. The van der Waals surface area contributed by atoms with Crippen LogP contribution >= 0.6 is 0 Å². The van der Waals surface area contributed by atoms with E-state index >= 15 is 0 Å². The minimum atomic E-state index is -6.03. The van der Waals surface area contributed by atoms with E-state index in [9.17, 15) is 59.2 Å². The van der Waals surface area contributed by atoms with Crippen molar-refractivity contribution in [2.24, 2.45) is 17.2 Å². The van der Waals surface area contributed by atoms with Crippen molar-refractivity contribution in [2.45, 2.75) is 109 Å². The molecular weight excluding hydrogens is 1330 g/mol. The Morgan fingerprint density at radius 2 is 1.00 bits per heavy atom. The minimum Gasteiger partial charge on any atom is -0.437 e. The SMILES string of the molecule is CB(O)N1CC=C(B2OC(C)(C)C(C)(C)O2)CC1.CB(O)N1CC=C(c2cc(F)cc3c2cc(C(N)=O)n3Cc2ccccc2)CC1.NC(=O)c1cc2c(C3CCNCC3)cc(F)cc2n1Cc1ccccc1.NC(=O)c1cc2c(OS(=O)(=O)C(F)(F)F)cc(F)cc2n1Cc1ccccc1. The smallest absolute Gasteiger partial charge is 0.437 e. The summed E-state index contributed by atoms with van der Waals surface area (Å²) in [4.78, 5) is 39.9. The highest BCUT2D eigenvalue weighted by Crippen LogP contribution is 2.41. The molecular formula is C72H80B3F6N9O10S. The third-order valence-electron chi connectivity index (χ3n) is 19.0. The number of halogens is 6. The van der Waals surface area contributed by atoms with Crippen LogP contribution < -0.4 is 26.7 Å². The van der Waals surface area contributed by atoms with Crippen molar-refractivity contribution >= 4 is 87.3 Å². The van der Waals surface area contributed by atoms with Crippen molar-refractivity contribution in [1.29, 1.82) is 0 Å². The molecule has 0 spiro atoms. The summed E-state index contributed by atoms with van der Waals surface area (Å²) in [6.45, 7) is 17.5. The summed E-state index contributed by atoms with van der Waals surface area (Å²) in [6.07, 6.45) is 7.66. The van der Waals surface area contributed by atoms with Gasteiger partial charge in [-0.2, -0.15) is 21.6 Å². The molecule has 2 saturated heterocycles. The fourth-order valence-electron chi connectivity index (χ4n) is 12.9. The monoisotopic (exact) mass is 1410 g/mol. The summed E-state index contributed by atoms with van der Waals surface area (Å²) in [5.41, 5.74) is 19.0. The van der Waals surface area contributed by atoms with Gasteiger partial charge in [-0.25, -0.2) is 13.2 Å². The summed E-state index contributed by atoms with van der Waals surface area (Å²) >= 11 is 0. The number of carbonyl (C=O) groups excluding carboxylic acids is 3. The Balaban J connectivity index is 0.000000147. The summed E-state index contributed by atoms with van der Waals surface area (Å²) in [7, 11) is -7.17. The predicted octanol–water partition coefficient (Wildman–Crippen LogP) is 11.0. The Kier molecular flexibility index (Phi) is 23.0. The Hall–Kier alpha value is -8.93. The van der Waals surface area contributed by atoms with Crippen LogP contribution in [0, 0.1) is 17.5 Å². The van der Waals surface area contributed by atoms with Gasteiger partial charge in [-0.15, -0.1) is 0 Å². The molecule has 3 aromatic heterocycles. The standard InChI is InChI=1S/C22H23BFN3O2.C21H22FN3O.C17H12F4N2O4S.C12H23B2NO3/c1-23(29)26-9-7-16(8-10-26)18-11-17(24)12-20-19(18)13-21(22(25)28)27(20)14-15-5-3-2-4-6-15;22-16-10-17(15-6-8-24-9-7-15)18-12-20(21(23)26)25(19(18)11-16)13-14-4-2-1-3-5-14;18-11-6-13-12(15(7-11)27-28(25,26)17(19,20)21)8-14(16(22)24)23(13)9-10-4-2-1-3-5-10;1-11(2)12(3,4)18-14(17-11)10-6-8-15(9-7-10)13(5)16/h2-7,11-13,29H,8-10,14H2,1H3,(H2,25,28);1-5,10-12,15,24H,6-9,13H2,(H2,23,26);1-8H,9H2,(H2,22,24);6,16H,7-9H2,1-5H3. The third-order valence-corrected chi connectivity index (χ3v) is 20.0. The van der Waals surface area contributed by atoms with Gasteiger partial charge in [0.25, 0.3) is 17.7 Å². The van der Waals surface area contributed by atoms with Gasteiger partial charge in [0.2, 0.25) is 0 Å². The molecule has 7 heterocycles. The number of benzene rings is 6. The van der Waals surface area contributed by atoms with E-state index in [0.29, 0.717) is 67.1 Å². The van der Waals surface area contributed by atoms with E-state index in [1.807, 2.05) is 87.0 Å². The summed E-state index contributed by atoms with van der Waals surface area (Å²) in [6, 6.07) is 40.3. The lowest BCUT2D eigenvalue weighted by atomic mass is 9.72. The molecule has 0 unspecified atom stereocenters. The Morgan fingerprint density at radius 1 is 0.594 bits per heavy atom. The number of piperidine rings is 1. The van der Waals surface area contributed by atoms with Crippen LogP contribution in [0.2, 0.25) is 13.6 Å². The first-order chi connectivity index (χ1) is 47.8. The molecule has 0 aliphatic carbocycles. The van der Waals surface area contributed by atoms with Gasteiger partial charge in [0, 0.05) is 54.9 Å². The van der Waals surface area contributed by atoms with Gasteiger partial charge >= 0.3 is 36.8 Å². The zero-order valence-electron chi connectivity index (χ0n) is 56.8. The zero-order chi connectivity index (χ0) is 72.9. The quantitative estimate of drug-likeness (QED) is 0.0228. The Bertz CT molecular complexity index is 4670. The van der Waals surface area contributed by atoms with Gasteiger partial charge in [-0.05, 0) is 187 Å². The molecule has 29 heteroatoms. The molecule has 0 bridgehead atoms. The molecule has 0 atom stereocenters. The number of alkyl halides is 3. The molecule has 19 nitrogen and oxygen atoms in total. The highest BCUT2D eigenvalue weighted by atomic mass is 32.2. The van der Waals surface area contributed by atoms with Gasteiger partial charge in [0.1, 0.15) is 34.5 Å². The maximum Gasteiger partial charge on any atom is 0.534 e. The topological polar surface area (TPSA) is 265 Å². The van der Waals surface area contributed by atoms with Crippen LogP contribution in [0.4, 0.5) is 26.3 Å². The van der Waals surface area contributed by atoms with Crippen LogP contribution in [0.3, 0.4) is 0 Å². The molecule has 6 aromatic carbocycles. The van der Waals surface area contributed by atoms with Gasteiger partial charge in [0.15, 0.2) is 5.75 Å². The van der Waals surface area contributed by atoms with Crippen molar-refractivity contribution in [3.05, 3.63) is 226 Å². The van der Waals surface area contributed by atoms with Crippen LogP contribution in [0.5, 0.6) is 5.75 Å². The summed E-state index contributed by atoms with van der Waals surface area (Å²) in [5.74, 6) is -4.25. The molecule has 101 heavy (non-hydrogen) atoms. The van der Waals surface area contributed by atoms with Crippen molar-refractivity contribution in [1.82, 2.24) is 28.6 Å². The predicted molar refractivity (Wildman–Crippen MR) is 381 cm³/mol. The second-order valence-corrected chi connectivity index (χ2v) is 27.9.